The fraction of sp³-hybridized carbons (Fsp3) is 0.588. The molecule has 0 aromatic heterocycles. The summed E-state index contributed by atoms with van der Waals surface area (Å²) in [6.45, 7) is 2.33. The van der Waals surface area contributed by atoms with Gasteiger partial charge < -0.3 is 10.2 Å². The van der Waals surface area contributed by atoms with E-state index in [9.17, 15) is 31.1 Å². The lowest BCUT2D eigenvalue weighted by molar-refractivity contribution is -0.137. The van der Waals surface area contributed by atoms with Crippen LogP contribution in [0.3, 0.4) is 0 Å². The van der Waals surface area contributed by atoms with Crippen LogP contribution in [-0.4, -0.2) is 49.0 Å². The lowest BCUT2D eigenvalue weighted by Gasteiger charge is -2.32. The number of benzene rings is 1. The number of piperidine rings is 1. The van der Waals surface area contributed by atoms with Crippen LogP contribution in [-0.2, 0) is 6.18 Å². The van der Waals surface area contributed by atoms with E-state index in [0.29, 0.717) is 26.2 Å². The number of amides is 1. The zero-order valence-electron chi connectivity index (χ0n) is 15.2. The molecule has 0 unspecified atom stereocenters. The average molecular weight is 464 g/mol. The molecule has 0 spiro atoms. The summed E-state index contributed by atoms with van der Waals surface area (Å²) in [7, 11) is 0. The molecule has 0 aliphatic carbocycles. The molecule has 12 heteroatoms. The Bertz CT molecular complexity index is 693. The van der Waals surface area contributed by atoms with E-state index in [0.717, 1.165) is 25.0 Å². The molecule has 164 valence electrons. The van der Waals surface area contributed by atoms with Gasteiger partial charge in [0.2, 0.25) is 0 Å². The van der Waals surface area contributed by atoms with E-state index >= 15 is 0 Å². The van der Waals surface area contributed by atoms with Gasteiger partial charge in [-0.3, -0.25) is 9.52 Å². The minimum absolute atomic E-state index is 0.147. The summed E-state index contributed by atoms with van der Waals surface area (Å²) >= 11 is 5.42. The van der Waals surface area contributed by atoms with Crippen molar-refractivity contribution in [2.75, 3.05) is 32.7 Å². The Balaban J connectivity index is 1.74. The third kappa shape index (κ3) is 8.61. The first-order chi connectivity index (χ1) is 13.4. The number of carbonyl (C=O) groups excluding carboxylic acids is 1. The molecule has 1 saturated heterocycles. The van der Waals surface area contributed by atoms with Crippen molar-refractivity contribution in [2.24, 2.45) is 5.92 Å². The molecule has 0 bridgehead atoms. The van der Waals surface area contributed by atoms with Gasteiger partial charge in [0, 0.05) is 42.2 Å². The number of nitrogens with zero attached hydrogens (tertiary/aromatic N) is 1. The fourth-order valence-electron chi connectivity index (χ4n) is 2.97. The van der Waals surface area contributed by atoms with Crippen LogP contribution in [0.4, 0.5) is 26.3 Å². The SMILES string of the molecule is O=C(NCC1CCN(CCNSC(F)(F)F)CC1)c1cc(Cl)cc(C(F)(F)F)c1. The van der Waals surface area contributed by atoms with Crippen molar-refractivity contribution < 1.29 is 31.1 Å². The van der Waals surface area contributed by atoms with Crippen LogP contribution in [0.25, 0.3) is 0 Å². The van der Waals surface area contributed by atoms with E-state index in [1.807, 2.05) is 4.90 Å². The van der Waals surface area contributed by atoms with Gasteiger partial charge in [-0.25, -0.2) is 0 Å². The van der Waals surface area contributed by atoms with Crippen molar-refractivity contribution in [1.82, 2.24) is 14.9 Å². The van der Waals surface area contributed by atoms with E-state index in [4.69, 9.17) is 11.6 Å². The van der Waals surface area contributed by atoms with Crippen LogP contribution in [0.5, 0.6) is 0 Å². The van der Waals surface area contributed by atoms with Crippen molar-refractivity contribution in [3.05, 3.63) is 34.3 Å². The summed E-state index contributed by atoms with van der Waals surface area (Å²) in [5.41, 5.74) is -5.45. The minimum atomic E-state index is -4.60. The monoisotopic (exact) mass is 463 g/mol. The van der Waals surface area contributed by atoms with E-state index in [2.05, 4.69) is 10.0 Å². The average Bonchev–Trinajstić information content (AvgIpc) is 2.62. The highest BCUT2D eigenvalue weighted by atomic mass is 35.5. The summed E-state index contributed by atoms with van der Waals surface area (Å²) in [6.07, 6.45) is -3.13. The Kier molecular flexibility index (Phi) is 8.50. The van der Waals surface area contributed by atoms with E-state index in [1.165, 1.54) is 6.07 Å². The van der Waals surface area contributed by atoms with Crippen molar-refractivity contribution >= 4 is 29.5 Å². The number of hydrogen-bond donors (Lipinski definition) is 2. The topological polar surface area (TPSA) is 44.4 Å². The van der Waals surface area contributed by atoms with Gasteiger partial charge in [0.1, 0.15) is 0 Å². The molecule has 1 aliphatic heterocycles. The largest absolute Gasteiger partial charge is 0.456 e. The molecule has 2 rings (SSSR count). The highest BCUT2D eigenvalue weighted by Crippen LogP contribution is 2.32. The maximum absolute atomic E-state index is 12.8. The van der Waals surface area contributed by atoms with Crippen LogP contribution in [0.1, 0.15) is 28.8 Å². The first-order valence-electron chi connectivity index (χ1n) is 8.80. The first kappa shape index (κ1) is 24.1. The maximum atomic E-state index is 12.8. The Morgan fingerprint density at radius 1 is 1.14 bits per heavy atom. The zero-order chi connectivity index (χ0) is 21.7. The van der Waals surface area contributed by atoms with E-state index in [1.54, 1.807) is 0 Å². The van der Waals surface area contributed by atoms with Crippen molar-refractivity contribution in [3.63, 3.8) is 0 Å². The molecule has 29 heavy (non-hydrogen) atoms. The van der Waals surface area contributed by atoms with Crippen molar-refractivity contribution in [1.29, 1.82) is 0 Å². The molecule has 2 N–H and O–H groups in total. The molecule has 1 heterocycles. The lowest BCUT2D eigenvalue weighted by atomic mass is 9.96. The number of rotatable bonds is 7. The van der Waals surface area contributed by atoms with Crippen molar-refractivity contribution in [3.8, 4) is 0 Å². The van der Waals surface area contributed by atoms with E-state index < -0.39 is 23.2 Å². The molecule has 1 aromatic rings. The number of halogens is 7. The molecule has 1 aromatic carbocycles. The standard InChI is InChI=1S/C17H20ClF6N3OS/c18-14-8-12(7-13(9-14)16(19,20)21)15(28)25-10-11-1-4-27(5-2-11)6-3-26-29-17(22,23)24/h7-9,11,26H,1-6,10H2,(H,25,28). The van der Waals surface area contributed by atoms with Crippen LogP contribution in [0, 0.1) is 5.92 Å². The highest BCUT2D eigenvalue weighted by Gasteiger charge is 2.32. The summed E-state index contributed by atoms with van der Waals surface area (Å²) in [5.74, 6) is -0.484. The Morgan fingerprint density at radius 2 is 1.79 bits per heavy atom. The molecular weight excluding hydrogens is 444 g/mol. The molecule has 1 aliphatic rings. The van der Waals surface area contributed by atoms with Crippen LogP contribution >= 0.6 is 23.5 Å². The van der Waals surface area contributed by atoms with Crippen LogP contribution in [0.15, 0.2) is 18.2 Å². The normalized spacial score (nSPS) is 16.8. The minimum Gasteiger partial charge on any atom is -0.352 e. The van der Waals surface area contributed by atoms with Gasteiger partial charge in [-0.2, -0.15) is 26.3 Å². The summed E-state index contributed by atoms with van der Waals surface area (Å²) in [4.78, 5) is 14.2. The quantitative estimate of drug-likeness (QED) is 0.353. The molecule has 0 radical (unpaired) electrons. The van der Waals surface area contributed by atoms with E-state index in [-0.39, 0.29) is 35.0 Å². The summed E-state index contributed by atoms with van der Waals surface area (Å²) in [5, 5.41) is 2.46. The van der Waals surface area contributed by atoms with Crippen LogP contribution < -0.4 is 10.0 Å². The molecular formula is C17H20ClF6N3OS. The second-order valence-corrected chi connectivity index (χ2v) is 8.06. The van der Waals surface area contributed by atoms with Gasteiger partial charge in [0.15, 0.2) is 0 Å². The number of carbonyl (C=O) groups is 1. The number of likely N-dealkylation sites (tertiary alicyclic amines) is 1. The summed E-state index contributed by atoms with van der Waals surface area (Å²) < 4.78 is 76.9. The number of alkyl halides is 6. The van der Waals surface area contributed by atoms with Gasteiger partial charge in [-0.1, -0.05) is 11.6 Å². The van der Waals surface area contributed by atoms with Gasteiger partial charge in [-0.05, 0) is 50.0 Å². The van der Waals surface area contributed by atoms with Crippen molar-refractivity contribution in [2.45, 2.75) is 24.5 Å². The molecule has 1 fully saturated rings. The second-order valence-electron chi connectivity index (χ2n) is 6.66. The maximum Gasteiger partial charge on any atom is 0.456 e. The number of nitrogens with one attached hydrogen (secondary N) is 2. The third-order valence-corrected chi connectivity index (χ3v) is 5.26. The first-order valence-corrected chi connectivity index (χ1v) is 9.99. The Hall–Kier alpha value is -1.17. The highest BCUT2D eigenvalue weighted by molar-refractivity contribution is 7.98. The Labute approximate surface area is 173 Å². The van der Waals surface area contributed by atoms with Gasteiger partial charge >= 0.3 is 11.7 Å². The predicted octanol–water partition coefficient (Wildman–Crippen LogP) is 4.56. The molecule has 0 atom stereocenters. The van der Waals surface area contributed by atoms with Gasteiger partial charge in [-0.15, -0.1) is 0 Å². The van der Waals surface area contributed by atoms with Gasteiger partial charge in [0.25, 0.3) is 5.91 Å². The lowest BCUT2D eigenvalue weighted by Crippen LogP contribution is -2.40. The molecule has 4 nitrogen and oxygen atoms in total. The second kappa shape index (κ2) is 10.2. The van der Waals surface area contributed by atoms with Gasteiger partial charge in [0.05, 0.1) is 5.56 Å². The zero-order valence-corrected chi connectivity index (χ0v) is 16.7. The smallest absolute Gasteiger partial charge is 0.352 e. The fourth-order valence-corrected chi connectivity index (χ4v) is 3.57. The summed E-state index contributed by atoms with van der Waals surface area (Å²) in [6, 6.07) is 2.70. The molecule has 0 saturated carbocycles. The predicted molar refractivity (Wildman–Crippen MR) is 99.6 cm³/mol. The van der Waals surface area contributed by atoms with Crippen LogP contribution in [0.2, 0.25) is 5.02 Å². The third-order valence-electron chi connectivity index (χ3n) is 4.46. The molecule has 1 amide bonds. The Morgan fingerprint density at radius 3 is 2.38 bits per heavy atom. The number of hydrogen-bond acceptors (Lipinski definition) is 4.